The van der Waals surface area contributed by atoms with Crippen LogP contribution in [0.5, 0.6) is 0 Å². The highest BCUT2D eigenvalue weighted by molar-refractivity contribution is 5.92. The van der Waals surface area contributed by atoms with Gasteiger partial charge in [-0.15, -0.1) is 0 Å². The number of carbonyl (C=O) groups is 3. The molecule has 4 fully saturated rings. The van der Waals surface area contributed by atoms with Crippen molar-refractivity contribution in [3.05, 3.63) is 11.6 Å². The van der Waals surface area contributed by atoms with Gasteiger partial charge in [0.25, 0.3) is 0 Å². The fourth-order valence-corrected chi connectivity index (χ4v) is 6.95. The molecule has 3 N–H and O–H groups in total. The van der Waals surface area contributed by atoms with E-state index in [0.29, 0.717) is 25.0 Å². The molecule has 2 heterocycles. The first kappa shape index (κ1) is 27.1. The molecule has 2 aliphatic carbocycles. The molecule has 0 aromatic rings. The molecular weight excluding hydrogens is 466 g/mol. The first-order chi connectivity index (χ1) is 16.8. The van der Waals surface area contributed by atoms with Gasteiger partial charge in [-0.1, -0.05) is 40.7 Å². The van der Waals surface area contributed by atoms with E-state index < -0.39 is 35.0 Å². The van der Waals surface area contributed by atoms with Crippen LogP contribution in [0.4, 0.5) is 0 Å². The number of nitrogens with one attached hydrogen (secondary N) is 1. The smallest absolute Gasteiger partial charge is 0.337 e. The van der Waals surface area contributed by atoms with Crippen LogP contribution in [0.2, 0.25) is 0 Å². The Bertz CT molecular complexity index is 935. The van der Waals surface area contributed by atoms with Crippen molar-refractivity contribution in [2.75, 3.05) is 26.4 Å². The van der Waals surface area contributed by atoms with Crippen molar-refractivity contribution < 1.29 is 38.8 Å². The van der Waals surface area contributed by atoms with Crippen LogP contribution >= 0.6 is 0 Å². The minimum absolute atomic E-state index is 0.0510. The Morgan fingerprint density at radius 2 is 1.92 bits per heavy atom. The number of hydrogen-bond donors (Lipinski definition) is 3. The van der Waals surface area contributed by atoms with E-state index in [0.717, 1.165) is 19.3 Å². The van der Waals surface area contributed by atoms with E-state index in [-0.39, 0.29) is 48.5 Å². The minimum Gasteiger partial charge on any atom is -0.458 e. The summed E-state index contributed by atoms with van der Waals surface area (Å²) in [6.45, 7) is 9.71. The number of hydrogen-bond acceptors (Lipinski definition) is 8. The lowest BCUT2D eigenvalue weighted by Crippen LogP contribution is -2.60. The summed E-state index contributed by atoms with van der Waals surface area (Å²) in [5, 5.41) is 23.6. The molecule has 2 saturated heterocycles. The molecule has 9 heteroatoms. The average molecular weight is 508 g/mol. The van der Waals surface area contributed by atoms with Crippen molar-refractivity contribution in [2.45, 2.75) is 84.5 Å². The summed E-state index contributed by atoms with van der Waals surface area (Å²) >= 11 is 0. The number of cyclic esters (lactones) is 1. The molecular formula is C27H41NO8. The Balaban J connectivity index is 1.49. The van der Waals surface area contributed by atoms with E-state index in [1.54, 1.807) is 20.8 Å². The molecule has 1 amide bonds. The number of carbonyl (C=O) groups excluding carboxylic acids is 3. The zero-order valence-corrected chi connectivity index (χ0v) is 22.1. The number of amides is 1. The maximum absolute atomic E-state index is 12.5. The van der Waals surface area contributed by atoms with Crippen molar-refractivity contribution in [1.82, 2.24) is 5.32 Å². The van der Waals surface area contributed by atoms with Gasteiger partial charge < -0.3 is 29.7 Å². The first-order valence-corrected chi connectivity index (χ1v) is 13.0. The second-order valence-corrected chi connectivity index (χ2v) is 12.6. The maximum atomic E-state index is 12.5. The zero-order valence-electron chi connectivity index (χ0n) is 22.1. The summed E-state index contributed by atoms with van der Waals surface area (Å²) < 4.78 is 16.7. The van der Waals surface area contributed by atoms with Crippen LogP contribution in [-0.2, 0) is 28.6 Å². The van der Waals surface area contributed by atoms with Crippen molar-refractivity contribution >= 4 is 17.8 Å². The van der Waals surface area contributed by atoms with Crippen LogP contribution in [0.15, 0.2) is 11.6 Å². The summed E-state index contributed by atoms with van der Waals surface area (Å²) in [6.07, 6.45) is 4.13. The highest BCUT2D eigenvalue weighted by Gasteiger charge is 2.66. The Morgan fingerprint density at radius 3 is 2.53 bits per heavy atom. The van der Waals surface area contributed by atoms with Gasteiger partial charge in [0.2, 0.25) is 5.91 Å². The Labute approximate surface area is 212 Å². The molecule has 4 rings (SSSR count). The van der Waals surface area contributed by atoms with Crippen molar-refractivity contribution in [3.8, 4) is 0 Å². The van der Waals surface area contributed by atoms with Gasteiger partial charge in [0.05, 0.1) is 30.5 Å². The van der Waals surface area contributed by atoms with Crippen LogP contribution in [-0.4, -0.2) is 72.2 Å². The standard InChI is InChI=1S/C27H41NO8/c1-24(2,3)23(33)28-12-21(31)36-17-13-34-22(32)16(17)6-7-19-25(4)10-9-20(30)26(5,14-29)18(25)8-11-27(19)15-35-27/h6,17-20,29-30H,7-15H2,1-5H3,(H,28,33)/b16-6+/t17-,18?,19-,20-,25+,26+,27+/m1/s1. The van der Waals surface area contributed by atoms with Crippen LogP contribution in [0.25, 0.3) is 0 Å². The average Bonchev–Trinajstić information content (AvgIpc) is 3.50. The summed E-state index contributed by atoms with van der Waals surface area (Å²) in [5.74, 6) is -1.20. The lowest BCUT2D eigenvalue weighted by Gasteiger charge is -2.60. The fraction of sp³-hybridized carbons (Fsp3) is 0.815. The number of epoxide rings is 1. The number of aliphatic hydroxyl groups is 2. The van der Waals surface area contributed by atoms with Crippen LogP contribution in [0.3, 0.4) is 0 Å². The van der Waals surface area contributed by atoms with Gasteiger partial charge in [-0.05, 0) is 49.4 Å². The predicted octanol–water partition coefficient (Wildman–Crippen LogP) is 1.89. The van der Waals surface area contributed by atoms with E-state index in [1.165, 1.54) is 0 Å². The first-order valence-electron chi connectivity index (χ1n) is 13.0. The van der Waals surface area contributed by atoms with Crippen LogP contribution in [0, 0.1) is 28.1 Å². The van der Waals surface area contributed by atoms with Gasteiger partial charge in [0, 0.05) is 10.8 Å². The van der Waals surface area contributed by atoms with Crippen LogP contribution < -0.4 is 5.32 Å². The fourth-order valence-electron chi connectivity index (χ4n) is 6.95. The van der Waals surface area contributed by atoms with Gasteiger partial charge in [0.1, 0.15) is 13.2 Å². The number of esters is 2. The quantitative estimate of drug-likeness (QED) is 0.282. The Kier molecular flexibility index (Phi) is 7.07. The molecule has 0 radical (unpaired) electrons. The highest BCUT2D eigenvalue weighted by Crippen LogP contribution is 2.66. The molecule has 1 spiro atoms. The Hall–Kier alpha value is -1.97. The molecule has 36 heavy (non-hydrogen) atoms. The van der Waals surface area contributed by atoms with Gasteiger partial charge in [-0.25, -0.2) is 4.79 Å². The maximum Gasteiger partial charge on any atom is 0.337 e. The van der Waals surface area contributed by atoms with Crippen LogP contribution in [0.1, 0.15) is 66.7 Å². The lowest BCUT2D eigenvalue weighted by molar-refractivity contribution is -0.175. The molecule has 202 valence electrons. The molecule has 2 saturated carbocycles. The summed E-state index contributed by atoms with van der Waals surface area (Å²) in [5.41, 5.74) is -1.35. The lowest BCUT2D eigenvalue weighted by atomic mass is 9.45. The van der Waals surface area contributed by atoms with Crippen molar-refractivity contribution in [1.29, 1.82) is 0 Å². The minimum atomic E-state index is -0.823. The second-order valence-electron chi connectivity index (χ2n) is 12.6. The molecule has 0 aromatic carbocycles. The third kappa shape index (κ3) is 4.70. The second kappa shape index (κ2) is 9.40. The largest absolute Gasteiger partial charge is 0.458 e. The van der Waals surface area contributed by atoms with E-state index >= 15 is 0 Å². The predicted molar refractivity (Wildman–Crippen MR) is 129 cm³/mol. The normalized spacial score (nSPS) is 41.1. The molecule has 4 aliphatic rings. The summed E-state index contributed by atoms with van der Waals surface area (Å²) in [6, 6.07) is 0. The van der Waals surface area contributed by atoms with E-state index in [1.807, 2.05) is 13.0 Å². The number of allylic oxidation sites excluding steroid dienone is 1. The van der Waals surface area contributed by atoms with Gasteiger partial charge in [-0.3, -0.25) is 9.59 Å². The van der Waals surface area contributed by atoms with Gasteiger partial charge in [0.15, 0.2) is 6.10 Å². The monoisotopic (exact) mass is 507 g/mol. The van der Waals surface area contributed by atoms with E-state index in [2.05, 4.69) is 12.2 Å². The molecule has 0 bridgehead atoms. The molecule has 0 aromatic heterocycles. The summed E-state index contributed by atoms with van der Waals surface area (Å²) in [4.78, 5) is 36.9. The third-order valence-corrected chi connectivity index (χ3v) is 9.32. The number of ether oxygens (including phenoxy) is 3. The topological polar surface area (TPSA) is 135 Å². The van der Waals surface area contributed by atoms with Gasteiger partial charge in [-0.2, -0.15) is 0 Å². The number of aliphatic hydroxyl groups excluding tert-OH is 2. The SMILES string of the molecule is CC(C)(C)C(=O)NCC(=O)O[C@@H]1COC(=O)/C1=C/C[C@H]1[C@]2(CCC3[C@](C)(CO)[C@H](O)CC[C@@]31C)CO2. The molecule has 9 nitrogen and oxygen atoms in total. The molecule has 7 atom stereocenters. The van der Waals surface area contributed by atoms with Crippen molar-refractivity contribution in [3.63, 3.8) is 0 Å². The van der Waals surface area contributed by atoms with E-state index in [9.17, 15) is 24.6 Å². The molecule has 1 unspecified atom stereocenters. The molecule has 2 aliphatic heterocycles. The highest BCUT2D eigenvalue weighted by atomic mass is 16.6. The zero-order chi connectivity index (χ0) is 26.5. The number of rotatable bonds is 6. The van der Waals surface area contributed by atoms with Gasteiger partial charge >= 0.3 is 11.9 Å². The van der Waals surface area contributed by atoms with Crippen molar-refractivity contribution in [2.24, 2.45) is 28.1 Å². The summed E-state index contributed by atoms with van der Waals surface area (Å²) in [7, 11) is 0. The third-order valence-electron chi connectivity index (χ3n) is 9.32. The Morgan fingerprint density at radius 1 is 1.22 bits per heavy atom. The van der Waals surface area contributed by atoms with E-state index in [4.69, 9.17) is 14.2 Å². The number of fused-ring (bicyclic) bond motifs is 1.